The summed E-state index contributed by atoms with van der Waals surface area (Å²) in [7, 11) is 1.64. The summed E-state index contributed by atoms with van der Waals surface area (Å²) in [4.78, 5) is 0. The minimum Gasteiger partial charge on any atom is -0.383 e. The second kappa shape index (κ2) is 8.16. The van der Waals surface area contributed by atoms with Gasteiger partial charge in [-0.15, -0.1) is 0 Å². The fourth-order valence-corrected chi connectivity index (χ4v) is 1.63. The molecule has 0 aliphatic carbocycles. The van der Waals surface area contributed by atoms with Gasteiger partial charge >= 0.3 is 0 Å². The summed E-state index contributed by atoms with van der Waals surface area (Å²) in [5.41, 5.74) is 3.72. The number of methoxy groups -OCH3 is 1. The number of nitrogens with zero attached hydrogens (tertiary/aromatic N) is 1. The number of ether oxygens (including phenoxy) is 1. The Hall–Kier alpha value is -0.980. The van der Waals surface area contributed by atoms with Crippen molar-refractivity contribution < 1.29 is 4.74 Å². The maximum atomic E-state index is 5.01. The summed E-state index contributed by atoms with van der Waals surface area (Å²) in [6.45, 7) is 1.27. The summed E-state index contributed by atoms with van der Waals surface area (Å²) in [6, 6.07) is 7.83. The van der Waals surface area contributed by atoms with Crippen molar-refractivity contribution in [2.45, 2.75) is 0 Å². The van der Waals surface area contributed by atoms with Crippen LogP contribution in [-0.4, -0.2) is 31.6 Å². The van der Waals surface area contributed by atoms with Crippen LogP contribution in [-0.2, 0) is 4.74 Å². The fourth-order valence-electron chi connectivity index (χ4n) is 1.06. The van der Waals surface area contributed by atoms with Crippen molar-refractivity contribution in [1.29, 1.82) is 0 Å². The minimum absolute atomic E-state index is 0.480. The molecule has 6 heteroatoms. The Bertz CT molecular complexity index is 398. The third-order valence-electron chi connectivity index (χ3n) is 1.82. The van der Waals surface area contributed by atoms with Crippen molar-refractivity contribution in [2.75, 3.05) is 20.3 Å². The predicted octanol–water partition coefficient (Wildman–Crippen LogP) is 1.89. The normalized spacial score (nSPS) is 10.5. The van der Waals surface area contributed by atoms with Crippen LogP contribution < -0.4 is 10.7 Å². The van der Waals surface area contributed by atoms with Gasteiger partial charge < -0.3 is 10.1 Å². The van der Waals surface area contributed by atoms with Gasteiger partial charge in [0.2, 0.25) is 0 Å². The van der Waals surface area contributed by atoms with Gasteiger partial charge in [-0.2, -0.15) is 5.10 Å². The van der Waals surface area contributed by atoms with Gasteiger partial charge in [0.05, 0.1) is 12.8 Å². The van der Waals surface area contributed by atoms with E-state index in [1.54, 1.807) is 13.3 Å². The first-order valence-corrected chi connectivity index (χ1v) is 6.24. The van der Waals surface area contributed by atoms with Crippen LogP contribution in [0.15, 0.2) is 33.8 Å². The summed E-state index contributed by atoms with van der Waals surface area (Å²) in [5.74, 6) is 0. The monoisotopic (exact) mass is 315 g/mol. The highest BCUT2D eigenvalue weighted by molar-refractivity contribution is 9.10. The summed E-state index contributed by atoms with van der Waals surface area (Å²) < 4.78 is 5.90. The lowest BCUT2D eigenvalue weighted by Gasteiger charge is -2.05. The molecular weight excluding hydrogens is 302 g/mol. The average molecular weight is 316 g/mol. The van der Waals surface area contributed by atoms with E-state index in [1.807, 2.05) is 24.3 Å². The fraction of sp³-hybridized carbons (Fsp3) is 0.273. The standard InChI is InChI=1S/C11H14BrN3OS/c1-16-6-5-13-11(17)15-14-8-9-3-2-4-10(12)7-9/h2-4,7-8H,5-6H2,1H3,(H2,13,15,17). The highest BCUT2D eigenvalue weighted by Crippen LogP contribution is 2.09. The van der Waals surface area contributed by atoms with Gasteiger partial charge in [-0.05, 0) is 29.9 Å². The van der Waals surface area contributed by atoms with Crippen molar-refractivity contribution >= 4 is 39.5 Å². The van der Waals surface area contributed by atoms with E-state index in [4.69, 9.17) is 17.0 Å². The van der Waals surface area contributed by atoms with Crippen molar-refractivity contribution in [2.24, 2.45) is 5.10 Å². The van der Waals surface area contributed by atoms with Crippen molar-refractivity contribution in [3.8, 4) is 0 Å². The number of nitrogens with one attached hydrogen (secondary N) is 2. The maximum Gasteiger partial charge on any atom is 0.187 e. The summed E-state index contributed by atoms with van der Waals surface area (Å²) in [5, 5.41) is 7.45. The van der Waals surface area contributed by atoms with Crippen molar-refractivity contribution in [1.82, 2.24) is 10.7 Å². The Balaban J connectivity index is 2.32. The average Bonchev–Trinajstić information content (AvgIpc) is 2.29. The SMILES string of the molecule is COCCNC(=S)NN=Cc1cccc(Br)c1. The lowest BCUT2D eigenvalue weighted by molar-refractivity contribution is 0.204. The number of hydrogen-bond acceptors (Lipinski definition) is 3. The molecule has 0 aliphatic rings. The summed E-state index contributed by atoms with van der Waals surface area (Å²) in [6.07, 6.45) is 1.70. The minimum atomic E-state index is 0.480. The zero-order valence-corrected chi connectivity index (χ0v) is 11.8. The van der Waals surface area contributed by atoms with Crippen LogP contribution in [0.3, 0.4) is 0 Å². The van der Waals surface area contributed by atoms with E-state index in [1.165, 1.54) is 0 Å². The molecule has 0 aliphatic heterocycles. The molecule has 0 bridgehead atoms. The number of hydrazone groups is 1. The Kier molecular flexibility index (Phi) is 6.76. The lowest BCUT2D eigenvalue weighted by atomic mass is 10.2. The van der Waals surface area contributed by atoms with E-state index in [2.05, 4.69) is 31.8 Å². The molecule has 4 nitrogen and oxygen atoms in total. The van der Waals surface area contributed by atoms with Gasteiger partial charge in [0.1, 0.15) is 0 Å². The number of benzene rings is 1. The second-order valence-corrected chi connectivity index (χ2v) is 4.50. The largest absolute Gasteiger partial charge is 0.383 e. The first-order chi connectivity index (χ1) is 8.22. The third kappa shape index (κ3) is 6.35. The molecule has 0 heterocycles. The Labute approximate surface area is 115 Å². The van der Waals surface area contributed by atoms with Gasteiger partial charge in [-0.3, -0.25) is 5.43 Å². The molecule has 17 heavy (non-hydrogen) atoms. The van der Waals surface area contributed by atoms with Gasteiger partial charge in [0.15, 0.2) is 5.11 Å². The molecule has 1 aromatic carbocycles. The van der Waals surface area contributed by atoms with Crippen LogP contribution in [0, 0.1) is 0 Å². The molecule has 0 amide bonds. The molecule has 0 unspecified atom stereocenters. The maximum absolute atomic E-state index is 5.01. The Morgan fingerprint density at radius 1 is 1.59 bits per heavy atom. The molecule has 0 aromatic heterocycles. The number of hydrogen-bond donors (Lipinski definition) is 2. The molecule has 0 spiro atoms. The van der Waals surface area contributed by atoms with Crippen LogP contribution >= 0.6 is 28.1 Å². The Morgan fingerprint density at radius 2 is 2.41 bits per heavy atom. The number of halogens is 1. The molecule has 0 saturated heterocycles. The number of thiocarbonyl (C=S) groups is 1. The second-order valence-electron chi connectivity index (χ2n) is 3.17. The van der Waals surface area contributed by atoms with E-state index in [0.29, 0.717) is 18.3 Å². The lowest BCUT2D eigenvalue weighted by Crippen LogP contribution is -2.34. The van der Waals surface area contributed by atoms with Gasteiger partial charge in [-0.1, -0.05) is 28.1 Å². The van der Waals surface area contributed by atoms with Crippen LogP contribution in [0.2, 0.25) is 0 Å². The van der Waals surface area contributed by atoms with Crippen LogP contribution in [0.25, 0.3) is 0 Å². The summed E-state index contributed by atoms with van der Waals surface area (Å²) >= 11 is 8.40. The zero-order valence-electron chi connectivity index (χ0n) is 9.44. The smallest absolute Gasteiger partial charge is 0.187 e. The Morgan fingerprint density at radius 3 is 3.12 bits per heavy atom. The van der Waals surface area contributed by atoms with Crippen LogP contribution in [0.5, 0.6) is 0 Å². The molecule has 0 saturated carbocycles. The van der Waals surface area contributed by atoms with Gasteiger partial charge in [0.25, 0.3) is 0 Å². The first kappa shape index (κ1) is 14.1. The van der Waals surface area contributed by atoms with E-state index in [-0.39, 0.29) is 0 Å². The molecule has 0 atom stereocenters. The van der Waals surface area contributed by atoms with E-state index < -0.39 is 0 Å². The van der Waals surface area contributed by atoms with Crippen molar-refractivity contribution in [3.63, 3.8) is 0 Å². The molecule has 92 valence electrons. The highest BCUT2D eigenvalue weighted by atomic mass is 79.9. The molecular formula is C11H14BrN3OS. The molecule has 2 N–H and O–H groups in total. The highest BCUT2D eigenvalue weighted by Gasteiger charge is 1.92. The molecule has 0 radical (unpaired) electrons. The van der Waals surface area contributed by atoms with Crippen LogP contribution in [0.4, 0.5) is 0 Å². The quantitative estimate of drug-likeness (QED) is 0.377. The van der Waals surface area contributed by atoms with Crippen molar-refractivity contribution in [3.05, 3.63) is 34.3 Å². The van der Waals surface area contributed by atoms with Gasteiger partial charge in [-0.25, -0.2) is 0 Å². The topological polar surface area (TPSA) is 45.6 Å². The molecule has 1 aromatic rings. The van der Waals surface area contributed by atoms with E-state index in [9.17, 15) is 0 Å². The predicted molar refractivity (Wildman–Crippen MR) is 77.3 cm³/mol. The number of rotatable bonds is 5. The first-order valence-electron chi connectivity index (χ1n) is 5.04. The van der Waals surface area contributed by atoms with E-state index in [0.717, 1.165) is 10.0 Å². The third-order valence-corrected chi connectivity index (χ3v) is 2.55. The zero-order chi connectivity index (χ0) is 12.5. The van der Waals surface area contributed by atoms with Crippen LogP contribution in [0.1, 0.15) is 5.56 Å². The molecule has 1 rings (SSSR count). The van der Waals surface area contributed by atoms with Gasteiger partial charge in [0, 0.05) is 18.1 Å². The van der Waals surface area contributed by atoms with E-state index >= 15 is 0 Å². The molecule has 0 fully saturated rings.